The van der Waals surface area contributed by atoms with Crippen LogP contribution in [0, 0.1) is 23.2 Å². The van der Waals surface area contributed by atoms with E-state index in [9.17, 15) is 9.90 Å². The summed E-state index contributed by atoms with van der Waals surface area (Å²) >= 11 is 0. The smallest absolute Gasteiger partial charge is 0.309 e. The minimum absolute atomic E-state index is 0.0221. The highest BCUT2D eigenvalue weighted by molar-refractivity contribution is 5.75. The van der Waals surface area contributed by atoms with E-state index in [0.29, 0.717) is 12.3 Å². The van der Waals surface area contributed by atoms with Crippen molar-refractivity contribution >= 4 is 5.97 Å². The lowest BCUT2D eigenvalue weighted by Gasteiger charge is -2.38. The molecule has 0 aromatic heterocycles. The number of aliphatic hydroxyl groups excluding tert-OH is 1. The van der Waals surface area contributed by atoms with Gasteiger partial charge in [0.05, 0.1) is 17.4 Å². The maximum atomic E-state index is 11.8. The fourth-order valence-corrected chi connectivity index (χ4v) is 4.30. The number of aliphatic hydroxyl groups is 1. The second kappa shape index (κ2) is 3.83. The molecule has 1 heterocycles. The van der Waals surface area contributed by atoms with Crippen molar-refractivity contribution < 1.29 is 14.6 Å². The van der Waals surface area contributed by atoms with E-state index >= 15 is 0 Å². The number of ether oxygens (including phenoxy) is 1. The topological polar surface area (TPSA) is 46.5 Å². The van der Waals surface area contributed by atoms with E-state index < -0.39 is 6.10 Å². The summed E-state index contributed by atoms with van der Waals surface area (Å²) in [7, 11) is 0. The van der Waals surface area contributed by atoms with Crippen LogP contribution in [0.25, 0.3) is 0 Å². The minimum atomic E-state index is -0.404. The molecule has 2 aliphatic carbocycles. The van der Waals surface area contributed by atoms with Crippen LogP contribution in [-0.4, -0.2) is 23.3 Å². The van der Waals surface area contributed by atoms with E-state index in [1.54, 1.807) is 0 Å². The van der Waals surface area contributed by atoms with Crippen molar-refractivity contribution in [3.05, 3.63) is 11.6 Å². The fourth-order valence-electron chi connectivity index (χ4n) is 4.30. The summed E-state index contributed by atoms with van der Waals surface area (Å²) in [4.78, 5) is 11.8. The molecule has 0 radical (unpaired) electrons. The van der Waals surface area contributed by atoms with Crippen LogP contribution in [0.4, 0.5) is 0 Å². The first kappa shape index (κ1) is 12.2. The molecule has 2 fully saturated rings. The molecule has 6 unspecified atom stereocenters. The van der Waals surface area contributed by atoms with Crippen molar-refractivity contribution in [2.75, 3.05) is 0 Å². The van der Waals surface area contributed by atoms with Crippen molar-refractivity contribution in [2.24, 2.45) is 23.2 Å². The van der Waals surface area contributed by atoms with Crippen LogP contribution in [0.2, 0.25) is 0 Å². The molecule has 0 aromatic carbocycles. The maximum Gasteiger partial charge on any atom is 0.309 e. The van der Waals surface area contributed by atoms with Gasteiger partial charge in [-0.15, -0.1) is 0 Å². The Morgan fingerprint density at radius 3 is 2.83 bits per heavy atom. The number of carbonyl (C=O) groups is 1. The highest BCUT2D eigenvalue weighted by atomic mass is 16.6. The lowest BCUT2D eigenvalue weighted by Crippen LogP contribution is -2.44. The summed E-state index contributed by atoms with van der Waals surface area (Å²) in [6, 6.07) is 0. The van der Waals surface area contributed by atoms with E-state index in [4.69, 9.17) is 4.74 Å². The molecule has 0 amide bonds. The quantitative estimate of drug-likeness (QED) is 0.530. The second-order valence-electron chi connectivity index (χ2n) is 6.48. The van der Waals surface area contributed by atoms with Gasteiger partial charge in [0.1, 0.15) is 6.10 Å². The van der Waals surface area contributed by atoms with Gasteiger partial charge in [0, 0.05) is 5.92 Å². The van der Waals surface area contributed by atoms with Crippen molar-refractivity contribution in [1.29, 1.82) is 0 Å². The predicted molar refractivity (Wildman–Crippen MR) is 67.7 cm³/mol. The molecule has 0 bridgehead atoms. The van der Waals surface area contributed by atoms with Crippen LogP contribution in [-0.2, 0) is 9.53 Å². The molecule has 3 aliphatic rings. The molecular formula is C15H22O3. The zero-order valence-electron chi connectivity index (χ0n) is 11.3. The van der Waals surface area contributed by atoms with Gasteiger partial charge in [-0.05, 0) is 32.1 Å². The van der Waals surface area contributed by atoms with E-state index in [0.717, 1.165) is 12.8 Å². The molecule has 3 heteroatoms. The number of fused-ring (bicyclic) bond motifs is 3. The average molecular weight is 250 g/mol. The van der Waals surface area contributed by atoms with Gasteiger partial charge >= 0.3 is 5.97 Å². The molecular weight excluding hydrogens is 228 g/mol. The monoisotopic (exact) mass is 250 g/mol. The summed E-state index contributed by atoms with van der Waals surface area (Å²) in [5.41, 5.74) is 0.950. The van der Waals surface area contributed by atoms with Gasteiger partial charge in [0.25, 0.3) is 0 Å². The Bertz CT molecular complexity index is 414. The number of esters is 1. The number of carbonyl (C=O) groups excluding carboxylic acids is 1. The van der Waals surface area contributed by atoms with Crippen LogP contribution in [0.3, 0.4) is 0 Å². The molecule has 100 valence electrons. The molecule has 1 aliphatic heterocycles. The molecule has 0 spiro atoms. The van der Waals surface area contributed by atoms with E-state index in [1.165, 1.54) is 5.57 Å². The Kier molecular flexibility index (Phi) is 2.60. The zero-order chi connectivity index (χ0) is 13.1. The Morgan fingerprint density at radius 2 is 2.11 bits per heavy atom. The molecule has 3 rings (SSSR count). The third kappa shape index (κ3) is 1.37. The van der Waals surface area contributed by atoms with E-state index in [1.807, 2.05) is 6.92 Å². The zero-order valence-corrected chi connectivity index (χ0v) is 11.3. The lowest BCUT2D eigenvalue weighted by atomic mass is 9.70. The van der Waals surface area contributed by atoms with Crippen LogP contribution in [0.15, 0.2) is 11.6 Å². The van der Waals surface area contributed by atoms with Crippen LogP contribution in [0.1, 0.15) is 40.0 Å². The summed E-state index contributed by atoms with van der Waals surface area (Å²) in [6.45, 7) is 6.29. The summed E-state index contributed by atoms with van der Waals surface area (Å²) in [6.07, 6.45) is 4.46. The van der Waals surface area contributed by atoms with Gasteiger partial charge in [-0.1, -0.05) is 25.5 Å². The maximum absolute atomic E-state index is 11.8. The number of rotatable bonds is 0. The highest BCUT2D eigenvalue weighted by Crippen LogP contribution is 2.55. The highest BCUT2D eigenvalue weighted by Gasteiger charge is 2.58. The Labute approximate surface area is 108 Å². The summed E-state index contributed by atoms with van der Waals surface area (Å²) in [5, 5.41) is 10.4. The second-order valence-corrected chi connectivity index (χ2v) is 6.48. The summed E-state index contributed by atoms with van der Waals surface area (Å²) in [5.74, 6) is 0.651. The molecule has 1 saturated carbocycles. The van der Waals surface area contributed by atoms with Gasteiger partial charge in [0.2, 0.25) is 0 Å². The van der Waals surface area contributed by atoms with Crippen molar-refractivity contribution in [2.45, 2.75) is 52.2 Å². The first-order chi connectivity index (χ1) is 8.46. The lowest BCUT2D eigenvalue weighted by molar-refractivity contribution is -0.149. The van der Waals surface area contributed by atoms with Crippen molar-refractivity contribution in [3.63, 3.8) is 0 Å². The summed E-state index contributed by atoms with van der Waals surface area (Å²) < 4.78 is 5.65. The largest absolute Gasteiger partial charge is 0.461 e. The Balaban J connectivity index is 2.05. The van der Waals surface area contributed by atoms with Gasteiger partial charge in [0.15, 0.2) is 0 Å². The predicted octanol–water partition coefficient (Wildman–Crippen LogP) is 2.29. The van der Waals surface area contributed by atoms with Gasteiger partial charge in [-0.2, -0.15) is 0 Å². The van der Waals surface area contributed by atoms with Gasteiger partial charge in [-0.3, -0.25) is 4.79 Å². The first-order valence-electron chi connectivity index (χ1n) is 7.05. The number of hydrogen-bond donors (Lipinski definition) is 1. The van der Waals surface area contributed by atoms with Crippen molar-refractivity contribution in [1.82, 2.24) is 0 Å². The molecule has 1 saturated heterocycles. The molecule has 3 nitrogen and oxygen atoms in total. The van der Waals surface area contributed by atoms with Gasteiger partial charge < -0.3 is 9.84 Å². The molecule has 18 heavy (non-hydrogen) atoms. The third-order valence-corrected chi connectivity index (χ3v) is 5.58. The Morgan fingerprint density at radius 1 is 1.39 bits per heavy atom. The Hall–Kier alpha value is -0.830. The van der Waals surface area contributed by atoms with Crippen molar-refractivity contribution in [3.8, 4) is 0 Å². The molecule has 1 N–H and O–H groups in total. The minimum Gasteiger partial charge on any atom is -0.461 e. The normalized spacial score (nSPS) is 51.2. The SMILES string of the molecule is CC1CCC2C(C)C(=O)OC2C2(C)C1=CCC2O. The molecule has 6 atom stereocenters. The van der Waals surface area contributed by atoms with Gasteiger partial charge in [-0.25, -0.2) is 0 Å². The van der Waals surface area contributed by atoms with Crippen LogP contribution < -0.4 is 0 Å². The standard InChI is InChI=1S/C15H22O3/c1-8-4-5-10-9(2)14(17)18-13(10)15(3)11(8)6-7-12(15)16/h6,8-10,12-13,16H,4-5,7H2,1-3H3. The van der Waals surface area contributed by atoms with E-state index in [-0.39, 0.29) is 29.3 Å². The third-order valence-electron chi connectivity index (χ3n) is 5.58. The average Bonchev–Trinajstić information content (AvgIpc) is 2.75. The number of hydrogen-bond acceptors (Lipinski definition) is 3. The fraction of sp³-hybridized carbons (Fsp3) is 0.800. The van der Waals surface area contributed by atoms with Crippen LogP contribution >= 0.6 is 0 Å². The molecule has 0 aromatic rings. The van der Waals surface area contributed by atoms with Crippen LogP contribution in [0.5, 0.6) is 0 Å². The van der Waals surface area contributed by atoms with E-state index in [2.05, 4.69) is 19.9 Å². The first-order valence-corrected chi connectivity index (χ1v) is 7.05.